The van der Waals surface area contributed by atoms with Crippen LogP contribution in [0.1, 0.15) is 119 Å². The Kier molecular flexibility index (Phi) is 8.13. The molecule has 7 heteroatoms. The van der Waals surface area contributed by atoms with Crippen molar-refractivity contribution >= 4 is 29.2 Å². The van der Waals surface area contributed by atoms with Gasteiger partial charge in [0.2, 0.25) is 5.91 Å². The van der Waals surface area contributed by atoms with Crippen LogP contribution in [0, 0.1) is 18.3 Å². The van der Waals surface area contributed by atoms with Crippen LogP contribution in [0.25, 0.3) is 0 Å². The summed E-state index contributed by atoms with van der Waals surface area (Å²) < 4.78 is 5.98. The van der Waals surface area contributed by atoms with E-state index in [9.17, 15) is 14.7 Å². The van der Waals surface area contributed by atoms with Crippen LogP contribution in [-0.4, -0.2) is 22.1 Å². The number of carbonyl (C=O) groups is 2. The Bertz CT molecular complexity index is 1100. The van der Waals surface area contributed by atoms with Gasteiger partial charge >= 0.3 is 5.97 Å². The third-order valence-corrected chi connectivity index (χ3v) is 8.41. The molecule has 1 atom stereocenters. The molecule has 0 spiro atoms. The number of benzene rings is 1. The van der Waals surface area contributed by atoms with Gasteiger partial charge in [-0.05, 0) is 80.4 Å². The van der Waals surface area contributed by atoms with Gasteiger partial charge in [0.25, 0.3) is 0 Å². The molecule has 1 heterocycles. The monoisotopic (exact) mass is 514 g/mol. The van der Waals surface area contributed by atoms with Gasteiger partial charge in [0.1, 0.15) is 5.76 Å². The third-order valence-electron chi connectivity index (χ3n) is 8.10. The largest absolute Gasteiger partial charge is 0.481 e. The van der Waals surface area contributed by atoms with E-state index in [-0.39, 0.29) is 24.7 Å². The molecule has 2 N–H and O–H groups in total. The first kappa shape index (κ1) is 26.7. The van der Waals surface area contributed by atoms with Gasteiger partial charge in [-0.25, -0.2) is 0 Å². The number of anilines is 1. The van der Waals surface area contributed by atoms with E-state index >= 15 is 0 Å². The predicted octanol–water partition coefficient (Wildman–Crippen LogP) is 7.81. The summed E-state index contributed by atoms with van der Waals surface area (Å²) in [7, 11) is 0. The number of carboxylic acids is 1. The number of amides is 1. The first-order valence-corrected chi connectivity index (χ1v) is 13.7. The molecule has 0 radical (unpaired) electrons. The number of nitrogens with one attached hydrogen (secondary N) is 1. The summed E-state index contributed by atoms with van der Waals surface area (Å²) in [6.07, 6.45) is 7.28. The van der Waals surface area contributed by atoms with E-state index in [2.05, 4.69) is 31.2 Å². The highest BCUT2D eigenvalue weighted by atomic mass is 35.5. The molecule has 2 aromatic rings. The number of nitrogens with zero attached hydrogens (tertiary/aromatic N) is 1. The van der Waals surface area contributed by atoms with Crippen molar-refractivity contribution in [1.82, 2.24) is 5.16 Å². The van der Waals surface area contributed by atoms with E-state index in [1.54, 1.807) is 6.07 Å². The second kappa shape index (κ2) is 11.0. The molecular weight excluding hydrogens is 476 g/mol. The minimum Gasteiger partial charge on any atom is -0.481 e. The second-order valence-corrected chi connectivity index (χ2v) is 12.1. The molecular formula is C29H39ClN2O4. The molecule has 1 aromatic carbocycles. The zero-order chi connectivity index (χ0) is 26.0. The first-order chi connectivity index (χ1) is 17.1. The summed E-state index contributed by atoms with van der Waals surface area (Å²) >= 11 is 6.31. The molecule has 0 bridgehead atoms. The lowest BCUT2D eigenvalue weighted by atomic mass is 9.66. The Morgan fingerprint density at radius 1 is 1.25 bits per heavy atom. The van der Waals surface area contributed by atoms with E-state index in [1.165, 1.54) is 12.8 Å². The van der Waals surface area contributed by atoms with Crippen LogP contribution in [0.15, 0.2) is 22.7 Å². The van der Waals surface area contributed by atoms with Crippen molar-refractivity contribution in [2.75, 3.05) is 5.32 Å². The zero-order valence-corrected chi connectivity index (χ0v) is 22.7. The van der Waals surface area contributed by atoms with Crippen LogP contribution in [0.3, 0.4) is 0 Å². The standard InChI is InChI=1S/C29H39ClN2O4/c1-5-29(3,4)16-18-13-21(14-18)28-26(19-7-8-19)27(32-36-28)20(9-11-25(34)35)15-24(33)31-23-10-6-17(2)12-22(23)30/h6,10,12,18-21H,5,7-9,11,13-16H2,1-4H3,(H,31,33)(H,34,35)/t18-,20-,21-/m1/s1. The number of aryl methyl sites for hydroxylation is 1. The average Bonchev–Trinajstić information content (AvgIpc) is 3.54. The Hall–Kier alpha value is -2.34. The maximum Gasteiger partial charge on any atom is 0.303 e. The number of hydrogen-bond donors (Lipinski definition) is 2. The van der Waals surface area contributed by atoms with Gasteiger partial charge in [-0.2, -0.15) is 0 Å². The Balaban J connectivity index is 1.50. The molecule has 2 saturated carbocycles. The molecule has 0 unspecified atom stereocenters. The van der Waals surface area contributed by atoms with Crippen LogP contribution in [0.4, 0.5) is 5.69 Å². The molecule has 1 amide bonds. The van der Waals surface area contributed by atoms with Crippen LogP contribution in [0.5, 0.6) is 0 Å². The molecule has 2 aliphatic rings. The summed E-state index contributed by atoms with van der Waals surface area (Å²) in [6.45, 7) is 8.87. The Labute approximate surface area is 219 Å². The Morgan fingerprint density at radius 3 is 2.58 bits per heavy atom. The van der Waals surface area contributed by atoms with Gasteiger partial charge in [0.15, 0.2) is 0 Å². The highest BCUT2D eigenvalue weighted by Crippen LogP contribution is 2.53. The summed E-state index contributed by atoms with van der Waals surface area (Å²) in [5.74, 6) is 1.09. The number of aliphatic carboxylic acids is 1. The molecule has 4 rings (SSSR count). The fraction of sp³-hybridized carbons (Fsp3) is 0.621. The number of hydrogen-bond acceptors (Lipinski definition) is 4. The van der Waals surface area contributed by atoms with E-state index in [1.807, 2.05) is 19.1 Å². The SMILES string of the molecule is CCC(C)(C)C[C@H]1C[C@H](c2onc([C@H](CCC(=O)O)CC(=O)Nc3ccc(C)cc3Cl)c2C2CC2)C1. The fourth-order valence-electron chi connectivity index (χ4n) is 5.52. The van der Waals surface area contributed by atoms with Crippen molar-refractivity contribution in [1.29, 1.82) is 0 Å². The quantitative estimate of drug-likeness (QED) is 0.301. The number of halogens is 1. The summed E-state index contributed by atoms with van der Waals surface area (Å²) in [5.41, 5.74) is 3.87. The number of carbonyl (C=O) groups excluding carboxylic acids is 1. The lowest BCUT2D eigenvalue weighted by molar-refractivity contribution is -0.137. The van der Waals surface area contributed by atoms with E-state index in [0.717, 1.165) is 48.3 Å². The minimum absolute atomic E-state index is 0.0207. The van der Waals surface area contributed by atoms with Gasteiger partial charge in [0, 0.05) is 30.2 Å². The predicted molar refractivity (Wildman–Crippen MR) is 142 cm³/mol. The van der Waals surface area contributed by atoms with Crippen molar-refractivity contribution in [3.8, 4) is 0 Å². The van der Waals surface area contributed by atoms with Crippen LogP contribution in [0.2, 0.25) is 5.02 Å². The molecule has 196 valence electrons. The van der Waals surface area contributed by atoms with Crippen LogP contribution >= 0.6 is 11.6 Å². The van der Waals surface area contributed by atoms with E-state index in [0.29, 0.717) is 40.3 Å². The van der Waals surface area contributed by atoms with Gasteiger partial charge < -0.3 is 14.9 Å². The number of carboxylic acid groups (broad SMARTS) is 1. The highest BCUT2D eigenvalue weighted by Gasteiger charge is 2.42. The zero-order valence-electron chi connectivity index (χ0n) is 21.9. The molecule has 2 aliphatic carbocycles. The van der Waals surface area contributed by atoms with Gasteiger partial charge in [0.05, 0.1) is 16.4 Å². The summed E-state index contributed by atoms with van der Waals surface area (Å²) in [4.78, 5) is 24.4. The lowest BCUT2D eigenvalue weighted by Crippen LogP contribution is -2.27. The highest BCUT2D eigenvalue weighted by molar-refractivity contribution is 6.33. The second-order valence-electron chi connectivity index (χ2n) is 11.7. The van der Waals surface area contributed by atoms with Crippen LogP contribution in [-0.2, 0) is 9.59 Å². The minimum atomic E-state index is -0.876. The lowest BCUT2D eigenvalue weighted by Gasteiger charge is -2.39. The van der Waals surface area contributed by atoms with Gasteiger partial charge in [-0.3, -0.25) is 9.59 Å². The number of rotatable bonds is 12. The maximum absolute atomic E-state index is 13.0. The topological polar surface area (TPSA) is 92.4 Å². The molecule has 1 aromatic heterocycles. The fourth-order valence-corrected chi connectivity index (χ4v) is 5.80. The molecule has 36 heavy (non-hydrogen) atoms. The smallest absolute Gasteiger partial charge is 0.303 e. The van der Waals surface area contributed by atoms with Crippen molar-refractivity contribution in [3.05, 3.63) is 45.8 Å². The molecule has 0 aliphatic heterocycles. The normalized spacial score (nSPS) is 20.6. The van der Waals surface area contributed by atoms with Gasteiger partial charge in [-0.1, -0.05) is 50.0 Å². The first-order valence-electron chi connectivity index (χ1n) is 13.3. The van der Waals surface area contributed by atoms with Gasteiger partial charge in [-0.15, -0.1) is 0 Å². The third kappa shape index (κ3) is 6.50. The van der Waals surface area contributed by atoms with Crippen molar-refractivity contribution in [3.63, 3.8) is 0 Å². The summed E-state index contributed by atoms with van der Waals surface area (Å²) in [6, 6.07) is 5.49. The number of aromatic nitrogens is 1. The molecule has 6 nitrogen and oxygen atoms in total. The van der Waals surface area contributed by atoms with E-state index in [4.69, 9.17) is 16.1 Å². The van der Waals surface area contributed by atoms with E-state index < -0.39 is 5.97 Å². The van der Waals surface area contributed by atoms with Crippen LogP contribution < -0.4 is 5.32 Å². The average molecular weight is 515 g/mol. The maximum atomic E-state index is 13.0. The molecule has 0 saturated heterocycles. The van der Waals surface area contributed by atoms with Crippen molar-refractivity contribution in [2.45, 2.75) is 103 Å². The Morgan fingerprint density at radius 2 is 1.97 bits per heavy atom. The summed E-state index contributed by atoms with van der Waals surface area (Å²) in [5, 5.41) is 17.2. The van der Waals surface area contributed by atoms with Crippen molar-refractivity contribution < 1.29 is 19.2 Å². The molecule has 2 fully saturated rings. The van der Waals surface area contributed by atoms with Crippen molar-refractivity contribution in [2.24, 2.45) is 11.3 Å².